The van der Waals surface area contributed by atoms with E-state index in [4.69, 9.17) is 0 Å². The molecule has 0 unspecified atom stereocenters. The molecule has 4 rings (SSSR count). The first-order chi connectivity index (χ1) is 14.1. The lowest BCUT2D eigenvalue weighted by atomic mass is 9.94. The summed E-state index contributed by atoms with van der Waals surface area (Å²) in [4.78, 5) is 26.3. The number of amides is 1. The van der Waals surface area contributed by atoms with Crippen LogP contribution in [0.15, 0.2) is 6.33 Å². The molecule has 0 radical (unpaired) electrons. The van der Waals surface area contributed by atoms with Crippen LogP contribution in [0.25, 0.3) is 10.2 Å². The van der Waals surface area contributed by atoms with Crippen molar-refractivity contribution < 1.29 is 4.79 Å². The third-order valence-electron chi connectivity index (χ3n) is 6.81. The van der Waals surface area contributed by atoms with Gasteiger partial charge in [-0.15, -0.1) is 11.3 Å². The predicted molar refractivity (Wildman–Crippen MR) is 121 cm³/mol. The first-order valence-corrected chi connectivity index (χ1v) is 12.2. The van der Waals surface area contributed by atoms with Crippen molar-refractivity contribution in [2.24, 2.45) is 0 Å². The van der Waals surface area contributed by atoms with Crippen molar-refractivity contribution in [3.8, 4) is 0 Å². The zero-order chi connectivity index (χ0) is 20.2. The largest absolute Gasteiger partial charge is 0.356 e. The zero-order valence-electron chi connectivity index (χ0n) is 17.9. The molecule has 0 aliphatic heterocycles. The van der Waals surface area contributed by atoms with Crippen LogP contribution in [0.1, 0.15) is 92.3 Å². The van der Waals surface area contributed by atoms with Gasteiger partial charge >= 0.3 is 0 Å². The maximum Gasteiger partial charge on any atom is 0.261 e. The number of thiophene rings is 1. The molecule has 158 valence electrons. The molecule has 1 N–H and O–H groups in total. The Bertz CT molecular complexity index is 835. The Morgan fingerprint density at radius 1 is 1.00 bits per heavy atom. The number of anilines is 1. The molecule has 2 aromatic heterocycles. The van der Waals surface area contributed by atoms with Crippen LogP contribution in [0.5, 0.6) is 0 Å². The fraction of sp³-hybridized carbons (Fsp3) is 0.696. The molecular formula is C23H34N4OS. The van der Waals surface area contributed by atoms with Crippen molar-refractivity contribution in [1.82, 2.24) is 15.3 Å². The Morgan fingerprint density at radius 2 is 1.62 bits per heavy atom. The Kier molecular flexibility index (Phi) is 6.68. The standard InChI is InChI=1S/C23H34N4OS/c1-16-19-21(27(2)18-13-9-6-10-14-18)24-15-25-23(19)29-20(16)22(28)26-17-11-7-4-3-5-8-12-17/h15,17-18H,3-14H2,1-2H3,(H,26,28). The van der Waals surface area contributed by atoms with Gasteiger partial charge < -0.3 is 10.2 Å². The number of carbonyl (C=O) groups is 1. The van der Waals surface area contributed by atoms with E-state index in [1.54, 1.807) is 6.33 Å². The SMILES string of the molecule is Cc1c(C(=O)NC2CCCCCCC2)sc2ncnc(N(C)C3CCCCC3)c12. The quantitative estimate of drug-likeness (QED) is 0.706. The average Bonchev–Trinajstić information content (AvgIpc) is 3.07. The summed E-state index contributed by atoms with van der Waals surface area (Å²) in [6.07, 6.45) is 16.6. The highest BCUT2D eigenvalue weighted by Crippen LogP contribution is 2.36. The predicted octanol–water partition coefficient (Wildman–Crippen LogP) is 5.61. The van der Waals surface area contributed by atoms with E-state index in [0.717, 1.165) is 39.3 Å². The summed E-state index contributed by atoms with van der Waals surface area (Å²) in [5.41, 5.74) is 1.03. The molecule has 2 heterocycles. The topological polar surface area (TPSA) is 58.1 Å². The lowest BCUT2D eigenvalue weighted by molar-refractivity contribution is 0.0934. The zero-order valence-corrected chi connectivity index (χ0v) is 18.7. The highest BCUT2D eigenvalue weighted by atomic mass is 32.1. The van der Waals surface area contributed by atoms with Gasteiger partial charge in [0.1, 0.15) is 17.0 Å². The van der Waals surface area contributed by atoms with Gasteiger partial charge in [0.2, 0.25) is 0 Å². The van der Waals surface area contributed by atoms with Gasteiger partial charge in [-0.2, -0.15) is 0 Å². The third kappa shape index (κ3) is 4.57. The van der Waals surface area contributed by atoms with Crippen LogP contribution in [-0.2, 0) is 0 Å². The number of carbonyl (C=O) groups excluding carboxylic acids is 1. The van der Waals surface area contributed by atoms with Gasteiger partial charge in [-0.1, -0.05) is 51.4 Å². The number of aryl methyl sites for hydroxylation is 1. The number of fused-ring (bicyclic) bond motifs is 1. The number of hydrogen-bond donors (Lipinski definition) is 1. The number of hydrogen-bond acceptors (Lipinski definition) is 5. The lowest BCUT2D eigenvalue weighted by Gasteiger charge is -2.32. The van der Waals surface area contributed by atoms with Crippen LogP contribution >= 0.6 is 11.3 Å². The van der Waals surface area contributed by atoms with E-state index >= 15 is 0 Å². The molecular weight excluding hydrogens is 380 g/mol. The second-order valence-electron chi connectivity index (χ2n) is 8.85. The van der Waals surface area contributed by atoms with E-state index < -0.39 is 0 Å². The Hall–Kier alpha value is -1.69. The second kappa shape index (κ2) is 9.41. The van der Waals surface area contributed by atoms with Crippen molar-refractivity contribution in [2.75, 3.05) is 11.9 Å². The Balaban J connectivity index is 1.57. The molecule has 2 aliphatic rings. The van der Waals surface area contributed by atoms with E-state index in [1.165, 1.54) is 75.5 Å². The third-order valence-corrected chi connectivity index (χ3v) is 8.01. The molecule has 2 aromatic rings. The Labute approximate surface area is 178 Å². The van der Waals surface area contributed by atoms with Crippen LogP contribution in [0.4, 0.5) is 5.82 Å². The molecule has 29 heavy (non-hydrogen) atoms. The van der Waals surface area contributed by atoms with Crippen LogP contribution in [-0.4, -0.2) is 35.0 Å². The summed E-state index contributed by atoms with van der Waals surface area (Å²) in [5, 5.41) is 4.39. The van der Waals surface area contributed by atoms with Crippen molar-refractivity contribution in [2.45, 2.75) is 96.1 Å². The maximum absolute atomic E-state index is 13.1. The van der Waals surface area contributed by atoms with Gasteiger partial charge in [-0.05, 0) is 38.2 Å². The van der Waals surface area contributed by atoms with E-state index in [1.807, 2.05) is 0 Å². The summed E-state index contributed by atoms with van der Waals surface area (Å²) in [6.45, 7) is 2.06. The van der Waals surface area contributed by atoms with E-state index in [-0.39, 0.29) is 5.91 Å². The summed E-state index contributed by atoms with van der Waals surface area (Å²) in [5.74, 6) is 1.06. The van der Waals surface area contributed by atoms with Crippen LogP contribution in [0.2, 0.25) is 0 Å². The molecule has 0 saturated heterocycles. The van der Waals surface area contributed by atoms with Crippen molar-refractivity contribution in [3.05, 3.63) is 16.8 Å². The van der Waals surface area contributed by atoms with E-state index in [9.17, 15) is 4.79 Å². The van der Waals surface area contributed by atoms with Gasteiger partial charge in [0, 0.05) is 19.1 Å². The fourth-order valence-electron chi connectivity index (χ4n) is 5.03. The molecule has 0 atom stereocenters. The molecule has 2 fully saturated rings. The average molecular weight is 415 g/mol. The Morgan fingerprint density at radius 3 is 2.34 bits per heavy atom. The van der Waals surface area contributed by atoms with E-state index in [2.05, 4.69) is 34.2 Å². The molecule has 1 amide bonds. The van der Waals surface area contributed by atoms with Crippen LogP contribution in [0, 0.1) is 6.92 Å². The summed E-state index contributed by atoms with van der Waals surface area (Å²) in [6, 6.07) is 0.844. The van der Waals surface area contributed by atoms with Gasteiger partial charge in [0.05, 0.1) is 10.3 Å². The monoisotopic (exact) mass is 414 g/mol. The molecule has 2 saturated carbocycles. The molecule has 0 bridgehead atoms. The van der Waals surface area contributed by atoms with Crippen LogP contribution in [0.3, 0.4) is 0 Å². The highest BCUT2D eigenvalue weighted by Gasteiger charge is 2.25. The number of nitrogens with one attached hydrogen (secondary N) is 1. The smallest absolute Gasteiger partial charge is 0.261 e. The normalized spacial score (nSPS) is 19.7. The maximum atomic E-state index is 13.1. The van der Waals surface area contributed by atoms with Gasteiger partial charge in [-0.25, -0.2) is 9.97 Å². The highest BCUT2D eigenvalue weighted by molar-refractivity contribution is 7.20. The molecule has 5 nitrogen and oxygen atoms in total. The molecule has 0 spiro atoms. The van der Waals surface area contributed by atoms with Gasteiger partial charge in [0.25, 0.3) is 5.91 Å². The number of rotatable bonds is 4. The molecule has 0 aromatic carbocycles. The first-order valence-electron chi connectivity index (χ1n) is 11.4. The summed E-state index contributed by atoms with van der Waals surface area (Å²) < 4.78 is 0. The number of nitrogens with zero attached hydrogens (tertiary/aromatic N) is 3. The minimum Gasteiger partial charge on any atom is -0.356 e. The van der Waals surface area contributed by atoms with Gasteiger partial charge in [-0.3, -0.25) is 4.79 Å². The fourth-order valence-corrected chi connectivity index (χ4v) is 6.08. The van der Waals surface area contributed by atoms with Gasteiger partial charge in [0.15, 0.2) is 0 Å². The number of aromatic nitrogens is 2. The van der Waals surface area contributed by atoms with Crippen LogP contribution < -0.4 is 10.2 Å². The summed E-state index contributed by atoms with van der Waals surface area (Å²) >= 11 is 1.52. The molecule has 2 aliphatic carbocycles. The van der Waals surface area contributed by atoms with Crippen molar-refractivity contribution in [1.29, 1.82) is 0 Å². The van der Waals surface area contributed by atoms with Crippen molar-refractivity contribution >= 4 is 33.3 Å². The molecule has 6 heteroatoms. The van der Waals surface area contributed by atoms with Crippen molar-refractivity contribution in [3.63, 3.8) is 0 Å². The van der Waals surface area contributed by atoms with E-state index in [0.29, 0.717) is 12.1 Å². The minimum atomic E-state index is 0.0716. The first kappa shape index (κ1) is 20.6. The summed E-state index contributed by atoms with van der Waals surface area (Å²) in [7, 11) is 2.16. The lowest BCUT2D eigenvalue weighted by Crippen LogP contribution is -2.35. The minimum absolute atomic E-state index is 0.0716. The second-order valence-corrected chi connectivity index (χ2v) is 9.85.